The van der Waals surface area contributed by atoms with Gasteiger partial charge < -0.3 is 10.0 Å². The van der Waals surface area contributed by atoms with Crippen molar-refractivity contribution in [3.8, 4) is 12.3 Å². The van der Waals surface area contributed by atoms with E-state index in [9.17, 15) is 9.59 Å². The van der Waals surface area contributed by atoms with E-state index >= 15 is 0 Å². The number of carbonyl (C=O) groups excluding carboxylic acids is 1. The standard InChI is InChI=1S/C13H12ClNO3/c1-3-4-15(8-12(16)17)13(18)10-5-9(2)6-11(14)7-10/h1,5-7H,4,8H2,2H3,(H,16,17). The van der Waals surface area contributed by atoms with Crippen LogP contribution in [0.1, 0.15) is 15.9 Å². The van der Waals surface area contributed by atoms with Crippen molar-refractivity contribution in [3.63, 3.8) is 0 Å². The van der Waals surface area contributed by atoms with Gasteiger partial charge >= 0.3 is 5.97 Å². The lowest BCUT2D eigenvalue weighted by atomic mass is 10.1. The van der Waals surface area contributed by atoms with Crippen LogP contribution in [0.5, 0.6) is 0 Å². The van der Waals surface area contributed by atoms with Crippen molar-refractivity contribution in [1.82, 2.24) is 4.90 Å². The van der Waals surface area contributed by atoms with Crippen LogP contribution in [0.3, 0.4) is 0 Å². The van der Waals surface area contributed by atoms with Gasteiger partial charge in [0.05, 0.1) is 6.54 Å². The molecule has 94 valence electrons. The van der Waals surface area contributed by atoms with Crippen molar-refractivity contribution in [2.24, 2.45) is 0 Å². The Morgan fingerprint density at radius 1 is 1.44 bits per heavy atom. The van der Waals surface area contributed by atoms with E-state index in [-0.39, 0.29) is 6.54 Å². The molecule has 0 aliphatic carbocycles. The average molecular weight is 266 g/mol. The van der Waals surface area contributed by atoms with Crippen LogP contribution in [0.15, 0.2) is 18.2 Å². The van der Waals surface area contributed by atoms with E-state index in [1.54, 1.807) is 19.1 Å². The van der Waals surface area contributed by atoms with Gasteiger partial charge in [0.2, 0.25) is 0 Å². The molecule has 0 fully saturated rings. The zero-order valence-corrected chi connectivity index (χ0v) is 10.6. The molecule has 0 aromatic heterocycles. The number of aliphatic carboxylic acids is 1. The lowest BCUT2D eigenvalue weighted by molar-refractivity contribution is -0.137. The molecule has 0 aliphatic rings. The van der Waals surface area contributed by atoms with Gasteiger partial charge in [-0.25, -0.2) is 0 Å². The Morgan fingerprint density at radius 3 is 2.61 bits per heavy atom. The topological polar surface area (TPSA) is 57.6 Å². The Morgan fingerprint density at radius 2 is 2.11 bits per heavy atom. The first-order chi connectivity index (χ1) is 8.43. The van der Waals surface area contributed by atoms with Crippen LogP contribution in [0.2, 0.25) is 5.02 Å². The minimum absolute atomic E-state index is 0.0588. The van der Waals surface area contributed by atoms with Gasteiger partial charge in [0.25, 0.3) is 5.91 Å². The minimum atomic E-state index is -1.11. The van der Waals surface area contributed by atoms with Gasteiger partial charge in [0, 0.05) is 10.6 Å². The third-order valence-corrected chi connectivity index (χ3v) is 2.40. The molecule has 0 spiro atoms. The molecule has 0 heterocycles. The van der Waals surface area contributed by atoms with Crippen LogP contribution >= 0.6 is 11.6 Å². The average Bonchev–Trinajstić information content (AvgIpc) is 2.25. The molecule has 0 saturated carbocycles. The van der Waals surface area contributed by atoms with Crippen LogP contribution in [0.25, 0.3) is 0 Å². The number of hydrogen-bond donors (Lipinski definition) is 1. The second kappa shape index (κ2) is 6.08. The van der Waals surface area contributed by atoms with E-state index in [4.69, 9.17) is 23.1 Å². The maximum atomic E-state index is 12.1. The van der Waals surface area contributed by atoms with Crippen molar-refractivity contribution in [2.75, 3.05) is 13.1 Å². The second-order valence-electron chi connectivity index (χ2n) is 3.78. The zero-order valence-electron chi connectivity index (χ0n) is 9.81. The summed E-state index contributed by atoms with van der Waals surface area (Å²) in [5, 5.41) is 9.15. The number of terminal acetylenes is 1. The number of rotatable bonds is 4. The number of aryl methyl sites for hydroxylation is 1. The number of carboxylic acids is 1. The van der Waals surface area contributed by atoms with Gasteiger partial charge in [-0.2, -0.15) is 0 Å². The normalized spacial score (nSPS) is 9.61. The molecule has 5 heteroatoms. The Labute approximate surface area is 110 Å². The summed E-state index contributed by atoms with van der Waals surface area (Å²) in [5.41, 5.74) is 1.15. The first kappa shape index (κ1) is 14.1. The highest BCUT2D eigenvalue weighted by atomic mass is 35.5. The maximum absolute atomic E-state index is 12.1. The molecule has 0 aliphatic heterocycles. The molecule has 1 N–H and O–H groups in total. The Kier molecular flexibility index (Phi) is 4.75. The molecular formula is C13H12ClNO3. The van der Waals surface area contributed by atoms with Crippen molar-refractivity contribution >= 4 is 23.5 Å². The molecule has 0 saturated heterocycles. The van der Waals surface area contributed by atoms with E-state index in [0.717, 1.165) is 10.5 Å². The summed E-state index contributed by atoms with van der Waals surface area (Å²) in [6, 6.07) is 4.84. The molecule has 1 amide bonds. The van der Waals surface area contributed by atoms with Crippen molar-refractivity contribution in [1.29, 1.82) is 0 Å². The Hall–Kier alpha value is -1.99. The third kappa shape index (κ3) is 3.79. The summed E-state index contributed by atoms with van der Waals surface area (Å²) in [5.74, 6) is 0.705. The van der Waals surface area contributed by atoms with E-state index in [1.807, 2.05) is 0 Å². The lowest BCUT2D eigenvalue weighted by Crippen LogP contribution is -2.36. The van der Waals surface area contributed by atoms with Crippen LogP contribution in [-0.2, 0) is 4.79 Å². The van der Waals surface area contributed by atoms with Gasteiger partial charge in [0.15, 0.2) is 0 Å². The summed E-state index contributed by atoms with van der Waals surface area (Å²) in [6.45, 7) is 1.30. The molecule has 1 aromatic rings. The Balaban J connectivity index is 3.01. The molecular weight excluding hydrogens is 254 g/mol. The molecule has 1 rings (SSSR count). The van der Waals surface area contributed by atoms with Gasteiger partial charge in [0.1, 0.15) is 6.54 Å². The smallest absolute Gasteiger partial charge is 0.323 e. The molecule has 0 radical (unpaired) electrons. The molecule has 0 bridgehead atoms. The molecule has 18 heavy (non-hydrogen) atoms. The number of carboxylic acid groups (broad SMARTS) is 1. The minimum Gasteiger partial charge on any atom is -0.480 e. The number of carbonyl (C=O) groups is 2. The quantitative estimate of drug-likeness (QED) is 0.845. The van der Waals surface area contributed by atoms with Gasteiger partial charge in [-0.3, -0.25) is 9.59 Å². The van der Waals surface area contributed by atoms with Crippen molar-refractivity contribution in [2.45, 2.75) is 6.92 Å². The highest BCUT2D eigenvalue weighted by Gasteiger charge is 2.18. The summed E-state index contributed by atoms with van der Waals surface area (Å²) >= 11 is 5.85. The molecule has 1 aromatic carbocycles. The summed E-state index contributed by atoms with van der Waals surface area (Å²) in [6.07, 6.45) is 5.12. The highest BCUT2D eigenvalue weighted by molar-refractivity contribution is 6.31. The van der Waals surface area contributed by atoms with Gasteiger partial charge in [-0.05, 0) is 30.7 Å². The van der Waals surface area contributed by atoms with Crippen LogP contribution in [0.4, 0.5) is 0 Å². The van der Waals surface area contributed by atoms with Crippen LogP contribution in [-0.4, -0.2) is 35.0 Å². The fourth-order valence-electron chi connectivity index (χ4n) is 1.52. The zero-order chi connectivity index (χ0) is 13.7. The van der Waals surface area contributed by atoms with Crippen LogP contribution < -0.4 is 0 Å². The molecule has 0 atom stereocenters. The lowest BCUT2D eigenvalue weighted by Gasteiger charge is -2.18. The Bertz CT molecular complexity index is 499. The van der Waals surface area contributed by atoms with Crippen molar-refractivity contribution < 1.29 is 14.7 Å². The third-order valence-electron chi connectivity index (χ3n) is 2.18. The monoisotopic (exact) mass is 265 g/mol. The summed E-state index contributed by atoms with van der Waals surface area (Å²) in [4.78, 5) is 23.8. The number of amides is 1. The maximum Gasteiger partial charge on any atom is 0.323 e. The van der Waals surface area contributed by atoms with Gasteiger partial charge in [-0.1, -0.05) is 17.5 Å². The van der Waals surface area contributed by atoms with Gasteiger partial charge in [-0.15, -0.1) is 6.42 Å². The first-order valence-electron chi connectivity index (χ1n) is 5.15. The van der Waals surface area contributed by atoms with Crippen LogP contribution in [0, 0.1) is 19.3 Å². The number of benzene rings is 1. The second-order valence-corrected chi connectivity index (χ2v) is 4.21. The largest absolute Gasteiger partial charge is 0.480 e. The molecule has 4 nitrogen and oxygen atoms in total. The SMILES string of the molecule is C#CCN(CC(=O)O)C(=O)c1cc(C)cc(Cl)c1. The number of hydrogen-bond acceptors (Lipinski definition) is 2. The van der Waals surface area contributed by atoms with E-state index in [1.165, 1.54) is 6.07 Å². The number of nitrogens with zero attached hydrogens (tertiary/aromatic N) is 1. The predicted octanol–water partition coefficient (Wildman–Crippen LogP) is 1.81. The highest BCUT2D eigenvalue weighted by Crippen LogP contribution is 2.16. The van der Waals surface area contributed by atoms with E-state index in [0.29, 0.717) is 10.6 Å². The summed E-state index contributed by atoms with van der Waals surface area (Å²) in [7, 11) is 0. The molecule has 0 unspecified atom stereocenters. The predicted molar refractivity (Wildman–Crippen MR) is 68.6 cm³/mol. The fourth-order valence-corrected chi connectivity index (χ4v) is 1.81. The first-order valence-corrected chi connectivity index (χ1v) is 5.53. The van der Waals surface area contributed by atoms with E-state index in [2.05, 4.69) is 5.92 Å². The summed E-state index contributed by atoms with van der Waals surface area (Å²) < 4.78 is 0. The van der Waals surface area contributed by atoms with E-state index < -0.39 is 18.4 Å². The number of halogens is 1. The van der Waals surface area contributed by atoms with Crippen molar-refractivity contribution in [3.05, 3.63) is 34.3 Å². The fraction of sp³-hybridized carbons (Fsp3) is 0.231.